The summed E-state index contributed by atoms with van der Waals surface area (Å²) in [6, 6.07) is 4.12. The van der Waals surface area contributed by atoms with Crippen LogP contribution in [0.1, 0.15) is 48.7 Å². The van der Waals surface area contributed by atoms with E-state index in [1.165, 1.54) is 4.88 Å². The summed E-state index contributed by atoms with van der Waals surface area (Å²) in [7, 11) is 0. The molecule has 2 aromatic rings. The molecular weight excluding hydrogens is 270 g/mol. The Morgan fingerprint density at radius 1 is 1.50 bits per heavy atom. The highest BCUT2D eigenvalue weighted by molar-refractivity contribution is 7.10. The van der Waals surface area contributed by atoms with Gasteiger partial charge in [0.2, 0.25) is 5.89 Å². The lowest BCUT2D eigenvalue weighted by molar-refractivity contribution is 0.228. The topological polar surface area (TPSA) is 64.9 Å². The Labute approximate surface area is 116 Å². The van der Waals surface area contributed by atoms with Crippen molar-refractivity contribution in [3.05, 3.63) is 34.1 Å². The number of thiophene rings is 1. The molecule has 4 nitrogen and oxygen atoms in total. The van der Waals surface area contributed by atoms with Crippen LogP contribution in [0.25, 0.3) is 0 Å². The second-order valence-corrected chi connectivity index (χ2v) is 5.68. The fourth-order valence-corrected chi connectivity index (χ4v) is 2.83. The van der Waals surface area contributed by atoms with Crippen LogP contribution in [0, 0.1) is 0 Å². The highest BCUT2D eigenvalue weighted by atomic mass is 35.5. The molecule has 18 heavy (non-hydrogen) atoms. The van der Waals surface area contributed by atoms with E-state index in [2.05, 4.69) is 28.5 Å². The molecule has 2 heterocycles. The van der Waals surface area contributed by atoms with E-state index in [4.69, 9.17) is 10.3 Å². The maximum Gasteiger partial charge on any atom is 0.234 e. The van der Waals surface area contributed by atoms with E-state index < -0.39 is 0 Å². The van der Waals surface area contributed by atoms with Gasteiger partial charge in [-0.1, -0.05) is 11.2 Å². The van der Waals surface area contributed by atoms with Gasteiger partial charge in [0.1, 0.15) is 0 Å². The van der Waals surface area contributed by atoms with Crippen molar-refractivity contribution < 1.29 is 4.52 Å². The maximum absolute atomic E-state index is 6.17. The van der Waals surface area contributed by atoms with Crippen LogP contribution in [0.3, 0.4) is 0 Å². The van der Waals surface area contributed by atoms with Gasteiger partial charge in [0.15, 0.2) is 5.82 Å². The first-order valence-corrected chi connectivity index (χ1v) is 6.73. The summed E-state index contributed by atoms with van der Waals surface area (Å²) in [6.45, 7) is 2.08. The van der Waals surface area contributed by atoms with Gasteiger partial charge in [-0.05, 0) is 37.6 Å². The number of nitrogens with zero attached hydrogens (tertiary/aromatic N) is 2. The molecule has 1 aliphatic rings. The van der Waals surface area contributed by atoms with E-state index in [9.17, 15) is 0 Å². The average Bonchev–Trinajstić information content (AvgIpc) is 2.95. The van der Waals surface area contributed by atoms with Gasteiger partial charge in [0, 0.05) is 4.88 Å². The normalized spacial score (nSPS) is 18.8. The van der Waals surface area contributed by atoms with Gasteiger partial charge in [-0.2, -0.15) is 4.98 Å². The first-order valence-electron chi connectivity index (χ1n) is 5.85. The molecule has 3 rings (SSSR count). The van der Waals surface area contributed by atoms with Crippen molar-refractivity contribution >= 4 is 23.7 Å². The molecule has 0 radical (unpaired) electrons. The quantitative estimate of drug-likeness (QED) is 0.941. The van der Waals surface area contributed by atoms with Crippen LogP contribution < -0.4 is 5.73 Å². The number of aromatic nitrogens is 2. The smallest absolute Gasteiger partial charge is 0.234 e. The average molecular weight is 286 g/mol. The molecule has 98 valence electrons. The van der Waals surface area contributed by atoms with Gasteiger partial charge >= 0.3 is 0 Å². The minimum absolute atomic E-state index is 0. The highest BCUT2D eigenvalue weighted by Crippen LogP contribution is 2.37. The summed E-state index contributed by atoms with van der Waals surface area (Å²) in [4.78, 5) is 5.70. The van der Waals surface area contributed by atoms with Crippen LogP contribution in [0.2, 0.25) is 0 Å². The molecule has 0 aliphatic heterocycles. The van der Waals surface area contributed by atoms with Crippen molar-refractivity contribution in [2.24, 2.45) is 5.73 Å². The third-order valence-corrected chi connectivity index (χ3v) is 4.53. The van der Waals surface area contributed by atoms with E-state index in [1.807, 2.05) is 6.07 Å². The lowest BCUT2D eigenvalue weighted by Gasteiger charge is -2.34. The van der Waals surface area contributed by atoms with E-state index in [0.717, 1.165) is 19.3 Å². The Hall–Kier alpha value is -0.910. The number of nitrogens with two attached hydrogens (primary N) is 1. The zero-order valence-corrected chi connectivity index (χ0v) is 11.8. The zero-order chi connectivity index (χ0) is 11.9. The third kappa shape index (κ3) is 2.18. The van der Waals surface area contributed by atoms with Crippen molar-refractivity contribution in [1.82, 2.24) is 10.1 Å². The standard InChI is InChI=1S/C12H15N3OS.ClH/c1-8(9-4-2-7-17-9)10-14-11(15-16-10)12(13)5-3-6-12;/h2,4,7-8H,3,5-6,13H2,1H3;1H. The lowest BCUT2D eigenvalue weighted by atomic mass is 9.77. The van der Waals surface area contributed by atoms with Gasteiger partial charge in [-0.15, -0.1) is 23.7 Å². The number of rotatable bonds is 3. The number of halogens is 1. The predicted octanol–water partition coefficient (Wildman–Crippen LogP) is 3.04. The summed E-state index contributed by atoms with van der Waals surface area (Å²) in [6.07, 6.45) is 3.07. The molecule has 0 saturated heterocycles. The second kappa shape index (κ2) is 4.99. The van der Waals surface area contributed by atoms with Crippen LogP contribution in [0.5, 0.6) is 0 Å². The summed E-state index contributed by atoms with van der Waals surface area (Å²) in [5, 5.41) is 6.09. The van der Waals surface area contributed by atoms with Gasteiger partial charge < -0.3 is 10.3 Å². The van der Waals surface area contributed by atoms with Crippen molar-refractivity contribution in [2.75, 3.05) is 0 Å². The molecule has 1 atom stereocenters. The highest BCUT2D eigenvalue weighted by Gasteiger charge is 2.39. The van der Waals surface area contributed by atoms with Crippen LogP contribution in [-0.4, -0.2) is 10.1 Å². The van der Waals surface area contributed by atoms with E-state index in [-0.39, 0.29) is 23.9 Å². The summed E-state index contributed by atoms with van der Waals surface area (Å²) in [5.74, 6) is 1.49. The van der Waals surface area contributed by atoms with Gasteiger partial charge in [-0.25, -0.2) is 0 Å². The molecule has 0 amide bonds. The fourth-order valence-electron chi connectivity index (χ4n) is 2.05. The minimum Gasteiger partial charge on any atom is -0.339 e. The molecule has 6 heteroatoms. The Balaban J connectivity index is 0.00000120. The number of hydrogen-bond donors (Lipinski definition) is 1. The van der Waals surface area contributed by atoms with Gasteiger partial charge in [0.25, 0.3) is 0 Å². The molecular formula is C12H16ClN3OS. The van der Waals surface area contributed by atoms with Crippen LogP contribution in [0.4, 0.5) is 0 Å². The SMILES string of the molecule is CC(c1nc(C2(N)CCC2)no1)c1cccs1.Cl. The van der Waals surface area contributed by atoms with Crippen molar-refractivity contribution in [3.8, 4) is 0 Å². The zero-order valence-electron chi connectivity index (χ0n) is 10.1. The predicted molar refractivity (Wildman–Crippen MR) is 73.1 cm³/mol. The molecule has 1 aliphatic carbocycles. The molecule has 1 saturated carbocycles. The first-order chi connectivity index (χ1) is 8.19. The van der Waals surface area contributed by atoms with Crippen LogP contribution in [0.15, 0.2) is 22.0 Å². The Bertz CT molecular complexity index is 507. The molecule has 0 aromatic carbocycles. The molecule has 0 bridgehead atoms. The van der Waals surface area contributed by atoms with Crippen LogP contribution >= 0.6 is 23.7 Å². The number of hydrogen-bond acceptors (Lipinski definition) is 5. The fraction of sp³-hybridized carbons (Fsp3) is 0.500. The summed E-state index contributed by atoms with van der Waals surface area (Å²) in [5.41, 5.74) is 5.84. The van der Waals surface area contributed by atoms with E-state index in [0.29, 0.717) is 11.7 Å². The molecule has 2 aromatic heterocycles. The van der Waals surface area contributed by atoms with Crippen molar-refractivity contribution in [2.45, 2.75) is 37.6 Å². The lowest BCUT2D eigenvalue weighted by Crippen LogP contribution is -2.44. The van der Waals surface area contributed by atoms with Gasteiger partial charge in [-0.3, -0.25) is 0 Å². The second-order valence-electron chi connectivity index (χ2n) is 4.70. The Morgan fingerprint density at radius 3 is 2.83 bits per heavy atom. The summed E-state index contributed by atoms with van der Waals surface area (Å²) >= 11 is 1.70. The van der Waals surface area contributed by atoms with E-state index >= 15 is 0 Å². The molecule has 2 N–H and O–H groups in total. The Kier molecular flexibility index (Phi) is 3.75. The van der Waals surface area contributed by atoms with Crippen molar-refractivity contribution in [3.63, 3.8) is 0 Å². The summed E-state index contributed by atoms with van der Waals surface area (Å²) < 4.78 is 5.34. The van der Waals surface area contributed by atoms with Gasteiger partial charge in [0.05, 0.1) is 11.5 Å². The van der Waals surface area contributed by atoms with Crippen molar-refractivity contribution in [1.29, 1.82) is 0 Å². The third-order valence-electron chi connectivity index (χ3n) is 3.47. The largest absolute Gasteiger partial charge is 0.339 e. The maximum atomic E-state index is 6.17. The Morgan fingerprint density at radius 2 is 2.28 bits per heavy atom. The minimum atomic E-state index is -0.336. The monoisotopic (exact) mass is 285 g/mol. The molecule has 1 fully saturated rings. The van der Waals surface area contributed by atoms with E-state index in [1.54, 1.807) is 11.3 Å². The first kappa shape index (κ1) is 13.5. The molecule has 0 spiro atoms. The molecule has 1 unspecified atom stereocenters. The van der Waals surface area contributed by atoms with Crippen LogP contribution in [-0.2, 0) is 5.54 Å².